The number of phosphoric acid groups is 2. The monoisotopic (exact) mass is 1280 g/mol. The summed E-state index contributed by atoms with van der Waals surface area (Å²) in [6, 6.07) is 0. The van der Waals surface area contributed by atoms with Gasteiger partial charge in [-0.2, -0.15) is 0 Å². The number of esters is 4. The van der Waals surface area contributed by atoms with Gasteiger partial charge in [-0.3, -0.25) is 37.3 Å². The Morgan fingerprint density at radius 1 is 0.310 bits per heavy atom. The summed E-state index contributed by atoms with van der Waals surface area (Å²) in [5.74, 6) is 0.140. The van der Waals surface area contributed by atoms with Crippen LogP contribution in [0.1, 0.15) is 337 Å². The van der Waals surface area contributed by atoms with E-state index in [0.29, 0.717) is 25.7 Å². The highest BCUT2D eigenvalue weighted by Crippen LogP contribution is 2.45. The van der Waals surface area contributed by atoms with Crippen molar-refractivity contribution < 1.29 is 80.2 Å². The maximum absolute atomic E-state index is 13.0. The summed E-state index contributed by atoms with van der Waals surface area (Å²) < 4.78 is 68.1. The Kier molecular flexibility index (Phi) is 57.8. The quantitative estimate of drug-likeness (QED) is 0.0222. The van der Waals surface area contributed by atoms with E-state index < -0.39 is 97.5 Å². The smallest absolute Gasteiger partial charge is 0.462 e. The summed E-state index contributed by atoms with van der Waals surface area (Å²) in [6.45, 7) is 11.8. The molecule has 0 aromatic carbocycles. The van der Waals surface area contributed by atoms with Gasteiger partial charge in [-0.25, -0.2) is 9.13 Å². The maximum atomic E-state index is 13.0. The molecule has 0 aromatic heterocycles. The lowest BCUT2D eigenvalue weighted by Crippen LogP contribution is -2.30. The van der Waals surface area contributed by atoms with Crippen molar-refractivity contribution >= 4 is 39.5 Å². The zero-order valence-corrected chi connectivity index (χ0v) is 58.3. The molecule has 516 valence electrons. The van der Waals surface area contributed by atoms with Gasteiger partial charge >= 0.3 is 39.5 Å². The van der Waals surface area contributed by atoms with Crippen molar-refractivity contribution in [2.24, 2.45) is 17.8 Å². The highest BCUT2D eigenvalue weighted by molar-refractivity contribution is 7.47. The fraction of sp³-hybridized carbons (Fsp3) is 0.941. The van der Waals surface area contributed by atoms with Crippen LogP contribution in [0.15, 0.2) is 0 Å². The van der Waals surface area contributed by atoms with Crippen LogP contribution >= 0.6 is 15.6 Å². The second kappa shape index (κ2) is 59.1. The van der Waals surface area contributed by atoms with E-state index in [-0.39, 0.29) is 25.7 Å². The molecule has 0 radical (unpaired) electrons. The predicted molar refractivity (Wildman–Crippen MR) is 349 cm³/mol. The molecule has 0 spiro atoms. The van der Waals surface area contributed by atoms with Crippen molar-refractivity contribution in [3.8, 4) is 0 Å². The van der Waals surface area contributed by atoms with Crippen LogP contribution in [0.5, 0.6) is 0 Å². The van der Waals surface area contributed by atoms with E-state index in [1.54, 1.807) is 0 Å². The minimum Gasteiger partial charge on any atom is -0.462 e. The van der Waals surface area contributed by atoms with Crippen molar-refractivity contribution in [2.45, 2.75) is 356 Å². The fourth-order valence-electron chi connectivity index (χ4n) is 10.2. The summed E-state index contributed by atoms with van der Waals surface area (Å²) in [4.78, 5) is 72.3. The first-order valence-corrected chi connectivity index (χ1v) is 38.3. The van der Waals surface area contributed by atoms with E-state index in [0.717, 1.165) is 120 Å². The lowest BCUT2D eigenvalue weighted by atomic mass is 10.0. The second-order valence-corrected chi connectivity index (χ2v) is 28.9. The number of carbonyl (C=O) groups excluding carboxylic acids is 4. The first kappa shape index (κ1) is 85.1. The van der Waals surface area contributed by atoms with E-state index in [4.69, 9.17) is 37.0 Å². The van der Waals surface area contributed by atoms with Gasteiger partial charge in [-0.1, -0.05) is 286 Å². The van der Waals surface area contributed by atoms with Crippen LogP contribution in [0.4, 0.5) is 0 Å². The molecular formula is C68H132O17P2. The van der Waals surface area contributed by atoms with Gasteiger partial charge in [0.15, 0.2) is 12.2 Å². The molecule has 0 rings (SSSR count). The van der Waals surface area contributed by atoms with Gasteiger partial charge in [-0.05, 0) is 43.4 Å². The van der Waals surface area contributed by atoms with Crippen molar-refractivity contribution in [1.29, 1.82) is 0 Å². The number of hydrogen-bond acceptors (Lipinski definition) is 15. The molecule has 3 N–H and O–H groups in total. The number of phosphoric ester groups is 2. The number of carbonyl (C=O) groups is 4. The van der Waals surface area contributed by atoms with Crippen molar-refractivity contribution in [3.63, 3.8) is 0 Å². The number of aliphatic hydroxyl groups is 1. The lowest BCUT2D eigenvalue weighted by Gasteiger charge is -2.21. The van der Waals surface area contributed by atoms with Crippen LogP contribution in [0, 0.1) is 17.8 Å². The molecule has 17 nitrogen and oxygen atoms in total. The Bertz CT molecular complexity index is 1720. The zero-order valence-electron chi connectivity index (χ0n) is 56.5. The number of rotatable bonds is 66. The number of aliphatic hydroxyl groups excluding tert-OH is 1. The van der Waals surface area contributed by atoms with Crippen molar-refractivity contribution in [2.75, 3.05) is 39.6 Å². The SMILES string of the molecule is CCCCCCCCCC(=O)OC[C@H](COP(=O)(O)OC[C@H](O)COP(=O)(O)OC[C@@H](COC(=O)CCCCCCCCCCCCCC(C)C)OC(=O)CCCCCCCCCCCCCC(C)C)OC(=O)CCCCCCCCCCCC(C)C. The lowest BCUT2D eigenvalue weighted by molar-refractivity contribution is -0.161. The third kappa shape index (κ3) is 62.6. The summed E-state index contributed by atoms with van der Waals surface area (Å²) in [5, 5.41) is 10.6. The van der Waals surface area contributed by atoms with Crippen molar-refractivity contribution in [1.82, 2.24) is 0 Å². The van der Waals surface area contributed by atoms with Crippen LogP contribution in [0.3, 0.4) is 0 Å². The number of unbranched alkanes of at least 4 members (excludes halogenated alkanes) is 34. The molecule has 0 aromatic rings. The van der Waals surface area contributed by atoms with Gasteiger partial charge in [0.25, 0.3) is 0 Å². The topological polar surface area (TPSA) is 237 Å². The van der Waals surface area contributed by atoms with Gasteiger partial charge in [0.05, 0.1) is 26.4 Å². The number of hydrogen-bond donors (Lipinski definition) is 3. The van der Waals surface area contributed by atoms with Crippen molar-refractivity contribution in [3.05, 3.63) is 0 Å². The summed E-state index contributed by atoms with van der Waals surface area (Å²) in [7, 11) is -9.89. The molecule has 87 heavy (non-hydrogen) atoms. The molecule has 0 heterocycles. The van der Waals surface area contributed by atoms with E-state index in [9.17, 15) is 43.2 Å². The van der Waals surface area contributed by atoms with Crippen LogP contribution in [-0.2, 0) is 65.4 Å². The standard InChI is InChI=1S/C68H132O17P2/c1-8-9-10-11-25-35-42-49-65(70)78-55-63(84-68(73)52-45-38-31-24-18-21-28-34-41-48-61(6)7)57-82-86(74,75)80-53-62(69)54-81-87(76,77)83-58-64(85-67(72)51-44-37-30-23-17-13-15-20-27-33-40-47-60(4)5)56-79-66(71)50-43-36-29-22-16-12-14-19-26-32-39-46-59(2)3/h59-64,69H,8-58H2,1-7H3,(H,74,75)(H,76,77)/t62-,63+,64+/m0/s1. The first-order valence-electron chi connectivity index (χ1n) is 35.3. The minimum atomic E-state index is -4.95. The molecule has 0 aliphatic rings. The van der Waals surface area contributed by atoms with Crippen LogP contribution in [0.2, 0.25) is 0 Å². The Morgan fingerprint density at radius 2 is 0.529 bits per heavy atom. The maximum Gasteiger partial charge on any atom is 0.472 e. The van der Waals surface area contributed by atoms with E-state index in [2.05, 4.69) is 48.5 Å². The predicted octanol–water partition coefficient (Wildman–Crippen LogP) is 19.1. The van der Waals surface area contributed by atoms with Crippen LogP contribution in [-0.4, -0.2) is 96.7 Å². The molecule has 0 saturated carbocycles. The molecular weight excluding hydrogens is 1150 g/mol. The Hall–Kier alpha value is -1.94. The largest absolute Gasteiger partial charge is 0.472 e. The Labute approximate surface area is 530 Å². The molecule has 2 unspecified atom stereocenters. The Morgan fingerprint density at radius 3 is 0.782 bits per heavy atom. The molecule has 0 fully saturated rings. The zero-order chi connectivity index (χ0) is 64.5. The highest BCUT2D eigenvalue weighted by Gasteiger charge is 2.30. The van der Waals surface area contributed by atoms with Gasteiger partial charge in [0, 0.05) is 25.7 Å². The second-order valence-electron chi connectivity index (χ2n) is 26.0. The molecule has 0 amide bonds. The first-order chi connectivity index (χ1) is 41.7. The number of ether oxygens (including phenoxy) is 4. The van der Waals surface area contributed by atoms with Crippen LogP contribution < -0.4 is 0 Å². The molecule has 0 aliphatic heterocycles. The summed E-state index contributed by atoms with van der Waals surface area (Å²) in [5.41, 5.74) is 0. The fourth-order valence-corrected chi connectivity index (χ4v) is 11.8. The average molecular weight is 1280 g/mol. The average Bonchev–Trinajstić information content (AvgIpc) is 3.54. The van der Waals surface area contributed by atoms with E-state index in [1.807, 2.05) is 0 Å². The molecule has 0 saturated heterocycles. The van der Waals surface area contributed by atoms with Gasteiger partial charge < -0.3 is 33.8 Å². The van der Waals surface area contributed by atoms with Gasteiger partial charge in [-0.15, -0.1) is 0 Å². The third-order valence-corrected chi connectivity index (χ3v) is 17.5. The summed E-state index contributed by atoms with van der Waals surface area (Å²) in [6.07, 6.45) is 41.8. The summed E-state index contributed by atoms with van der Waals surface area (Å²) >= 11 is 0. The molecule has 5 atom stereocenters. The molecule has 19 heteroatoms. The normalized spacial score (nSPS) is 14.3. The molecule has 0 aliphatic carbocycles. The van der Waals surface area contributed by atoms with E-state index >= 15 is 0 Å². The third-order valence-electron chi connectivity index (χ3n) is 15.6. The van der Waals surface area contributed by atoms with Crippen LogP contribution in [0.25, 0.3) is 0 Å². The van der Waals surface area contributed by atoms with E-state index in [1.165, 1.54) is 135 Å². The Balaban J connectivity index is 5.22. The molecule has 0 bridgehead atoms. The minimum absolute atomic E-state index is 0.105. The highest BCUT2D eigenvalue weighted by atomic mass is 31.2. The van der Waals surface area contributed by atoms with Gasteiger partial charge in [0.1, 0.15) is 19.3 Å². The van der Waals surface area contributed by atoms with Gasteiger partial charge in [0.2, 0.25) is 0 Å².